The van der Waals surface area contributed by atoms with Crippen LogP contribution in [0.3, 0.4) is 0 Å². The van der Waals surface area contributed by atoms with E-state index in [0.29, 0.717) is 16.2 Å². The van der Waals surface area contributed by atoms with Crippen molar-refractivity contribution in [1.29, 1.82) is 0 Å². The summed E-state index contributed by atoms with van der Waals surface area (Å²) in [6.45, 7) is 0. The van der Waals surface area contributed by atoms with Crippen LogP contribution < -0.4 is 0 Å². The number of thioether (sulfide) groups is 1. The maximum absolute atomic E-state index is 13.5. The van der Waals surface area contributed by atoms with E-state index in [4.69, 9.17) is 0 Å². The van der Waals surface area contributed by atoms with Crippen LogP contribution >= 0.6 is 27.7 Å². The zero-order valence-electron chi connectivity index (χ0n) is 10.7. The van der Waals surface area contributed by atoms with Crippen LogP contribution in [0, 0.1) is 5.82 Å². The molecule has 20 heavy (non-hydrogen) atoms. The van der Waals surface area contributed by atoms with Gasteiger partial charge in [0, 0.05) is 15.1 Å². The normalized spacial score (nSPS) is 10.3. The van der Waals surface area contributed by atoms with Gasteiger partial charge in [0.25, 0.3) is 0 Å². The zero-order chi connectivity index (χ0) is 14.5. The summed E-state index contributed by atoms with van der Waals surface area (Å²) in [4.78, 5) is 12.0. The van der Waals surface area contributed by atoms with Gasteiger partial charge in [0.1, 0.15) is 5.82 Å². The minimum Gasteiger partial charge on any atom is -0.465 e. The Morgan fingerprint density at radius 2 is 2.05 bits per heavy atom. The second-order valence-corrected chi connectivity index (χ2v) is 5.89. The summed E-state index contributed by atoms with van der Waals surface area (Å²) in [5, 5.41) is 0. The maximum Gasteiger partial charge on any atom is 0.337 e. The molecule has 0 saturated carbocycles. The van der Waals surface area contributed by atoms with E-state index < -0.39 is 0 Å². The van der Waals surface area contributed by atoms with Crippen LogP contribution in [-0.4, -0.2) is 13.1 Å². The van der Waals surface area contributed by atoms with Gasteiger partial charge in [-0.2, -0.15) is 0 Å². The summed E-state index contributed by atoms with van der Waals surface area (Å²) in [7, 11) is 1.35. The van der Waals surface area contributed by atoms with Crippen LogP contribution in [0.15, 0.2) is 51.8 Å². The monoisotopic (exact) mass is 354 g/mol. The lowest BCUT2D eigenvalue weighted by Crippen LogP contribution is -2.01. The van der Waals surface area contributed by atoms with Gasteiger partial charge >= 0.3 is 5.97 Å². The van der Waals surface area contributed by atoms with Crippen LogP contribution in [0.2, 0.25) is 0 Å². The fraction of sp³-hybridized carbons (Fsp3) is 0.133. The van der Waals surface area contributed by atoms with Gasteiger partial charge in [-0.3, -0.25) is 0 Å². The molecule has 0 amide bonds. The predicted octanol–water partition coefficient (Wildman–Crippen LogP) is 4.67. The van der Waals surface area contributed by atoms with E-state index in [1.807, 2.05) is 6.07 Å². The number of methoxy groups -OCH3 is 1. The second kappa shape index (κ2) is 6.90. The third-order valence-electron chi connectivity index (χ3n) is 2.69. The molecule has 2 aromatic carbocycles. The van der Waals surface area contributed by atoms with E-state index in [9.17, 15) is 9.18 Å². The highest BCUT2D eigenvalue weighted by atomic mass is 79.9. The van der Waals surface area contributed by atoms with Gasteiger partial charge in [-0.15, -0.1) is 11.8 Å². The molecule has 2 rings (SSSR count). The number of hydrogen-bond donors (Lipinski definition) is 0. The van der Waals surface area contributed by atoms with Crippen LogP contribution in [0.1, 0.15) is 15.9 Å². The topological polar surface area (TPSA) is 26.3 Å². The summed E-state index contributed by atoms with van der Waals surface area (Å²) in [6.07, 6.45) is 0. The number of halogens is 2. The van der Waals surface area contributed by atoms with E-state index in [1.54, 1.807) is 30.3 Å². The SMILES string of the molecule is COC(=O)c1ccc(CSc2ccccc2F)c(Br)c1. The van der Waals surface area contributed by atoms with Gasteiger partial charge in [-0.25, -0.2) is 9.18 Å². The Morgan fingerprint density at radius 3 is 2.70 bits per heavy atom. The largest absolute Gasteiger partial charge is 0.465 e. The first-order valence-electron chi connectivity index (χ1n) is 5.86. The highest BCUT2D eigenvalue weighted by molar-refractivity contribution is 9.10. The molecule has 0 radical (unpaired) electrons. The highest BCUT2D eigenvalue weighted by Gasteiger charge is 2.09. The second-order valence-electron chi connectivity index (χ2n) is 4.02. The van der Waals surface area contributed by atoms with Crippen molar-refractivity contribution in [2.75, 3.05) is 7.11 Å². The van der Waals surface area contributed by atoms with Crippen molar-refractivity contribution in [3.8, 4) is 0 Å². The molecule has 0 aliphatic heterocycles. The Bertz CT molecular complexity index is 631. The van der Waals surface area contributed by atoms with Gasteiger partial charge < -0.3 is 4.74 Å². The third-order valence-corrected chi connectivity index (χ3v) is 4.53. The molecule has 0 saturated heterocycles. The minimum atomic E-state index is -0.376. The molecule has 0 aliphatic carbocycles. The molecule has 0 spiro atoms. The smallest absolute Gasteiger partial charge is 0.337 e. The van der Waals surface area contributed by atoms with E-state index >= 15 is 0 Å². The molecule has 2 nitrogen and oxygen atoms in total. The number of carbonyl (C=O) groups is 1. The van der Waals surface area contributed by atoms with E-state index in [-0.39, 0.29) is 11.8 Å². The lowest BCUT2D eigenvalue weighted by atomic mass is 10.1. The molecule has 0 unspecified atom stereocenters. The Balaban J connectivity index is 2.11. The van der Waals surface area contributed by atoms with E-state index in [1.165, 1.54) is 24.9 Å². The lowest BCUT2D eigenvalue weighted by molar-refractivity contribution is 0.0600. The Hall–Kier alpha value is -1.33. The molecular formula is C15H12BrFO2S. The van der Waals surface area contributed by atoms with Crippen molar-refractivity contribution in [3.05, 3.63) is 63.9 Å². The van der Waals surface area contributed by atoms with Gasteiger partial charge in [-0.05, 0) is 29.8 Å². The van der Waals surface area contributed by atoms with Gasteiger partial charge in [-0.1, -0.05) is 34.1 Å². The fourth-order valence-corrected chi connectivity index (χ4v) is 3.27. The quantitative estimate of drug-likeness (QED) is 0.589. The third kappa shape index (κ3) is 3.61. The van der Waals surface area contributed by atoms with Crippen molar-refractivity contribution in [2.24, 2.45) is 0 Å². The van der Waals surface area contributed by atoms with Crippen molar-refractivity contribution in [1.82, 2.24) is 0 Å². The highest BCUT2D eigenvalue weighted by Crippen LogP contribution is 2.29. The molecule has 5 heteroatoms. The van der Waals surface area contributed by atoms with Crippen molar-refractivity contribution >= 4 is 33.7 Å². The number of rotatable bonds is 4. The Morgan fingerprint density at radius 1 is 1.30 bits per heavy atom. The molecule has 0 atom stereocenters. The Labute approximate surface area is 129 Å². The van der Waals surface area contributed by atoms with E-state index in [0.717, 1.165) is 10.0 Å². The maximum atomic E-state index is 13.5. The minimum absolute atomic E-state index is 0.222. The molecule has 0 heterocycles. The molecular weight excluding hydrogens is 343 g/mol. The van der Waals surface area contributed by atoms with Crippen LogP contribution in [0.4, 0.5) is 4.39 Å². The average molecular weight is 355 g/mol. The van der Waals surface area contributed by atoms with Gasteiger partial charge in [0.2, 0.25) is 0 Å². The molecule has 2 aromatic rings. The van der Waals surface area contributed by atoms with Crippen LogP contribution in [-0.2, 0) is 10.5 Å². The first-order valence-corrected chi connectivity index (χ1v) is 7.63. The van der Waals surface area contributed by atoms with Gasteiger partial charge in [0.05, 0.1) is 12.7 Å². The number of esters is 1. The zero-order valence-corrected chi connectivity index (χ0v) is 13.1. The molecule has 0 fully saturated rings. The first kappa shape index (κ1) is 15.1. The molecule has 0 N–H and O–H groups in total. The van der Waals surface area contributed by atoms with Crippen molar-refractivity contribution < 1.29 is 13.9 Å². The fourth-order valence-electron chi connectivity index (χ4n) is 1.63. The number of benzene rings is 2. The predicted molar refractivity (Wildman–Crippen MR) is 81.4 cm³/mol. The molecule has 104 valence electrons. The molecule has 0 bridgehead atoms. The van der Waals surface area contributed by atoms with E-state index in [2.05, 4.69) is 20.7 Å². The van der Waals surface area contributed by atoms with Crippen molar-refractivity contribution in [2.45, 2.75) is 10.6 Å². The summed E-state index contributed by atoms with van der Waals surface area (Å²) in [5.74, 6) is 0.0157. The first-order chi connectivity index (χ1) is 9.61. The summed E-state index contributed by atoms with van der Waals surface area (Å²) in [5.41, 5.74) is 1.48. The summed E-state index contributed by atoms with van der Waals surface area (Å²) >= 11 is 4.83. The lowest BCUT2D eigenvalue weighted by Gasteiger charge is -2.07. The van der Waals surface area contributed by atoms with Gasteiger partial charge in [0.15, 0.2) is 0 Å². The van der Waals surface area contributed by atoms with Crippen LogP contribution in [0.5, 0.6) is 0 Å². The summed E-state index contributed by atoms with van der Waals surface area (Å²) < 4.78 is 19.0. The average Bonchev–Trinajstić information content (AvgIpc) is 2.46. The van der Waals surface area contributed by atoms with Crippen molar-refractivity contribution in [3.63, 3.8) is 0 Å². The molecule has 0 aromatic heterocycles. The standard InChI is InChI=1S/C15H12BrFO2S/c1-19-15(18)10-6-7-11(12(16)8-10)9-20-14-5-3-2-4-13(14)17/h2-8H,9H2,1H3. The summed E-state index contributed by atoms with van der Waals surface area (Å²) in [6, 6.07) is 11.9. The number of hydrogen-bond acceptors (Lipinski definition) is 3. The molecule has 0 aliphatic rings. The Kier molecular flexibility index (Phi) is 5.20. The number of ether oxygens (including phenoxy) is 1. The number of carbonyl (C=O) groups excluding carboxylic acids is 1. The van der Waals surface area contributed by atoms with Crippen LogP contribution in [0.25, 0.3) is 0 Å².